The fourth-order valence-corrected chi connectivity index (χ4v) is 11.0. The van der Waals surface area contributed by atoms with Crippen molar-refractivity contribution in [2.45, 2.75) is 406 Å². The van der Waals surface area contributed by atoms with Crippen molar-refractivity contribution in [2.24, 2.45) is 0 Å². The van der Waals surface area contributed by atoms with Gasteiger partial charge in [0.15, 0.2) is 6.10 Å². The van der Waals surface area contributed by atoms with Gasteiger partial charge in [-0.3, -0.25) is 14.4 Å². The van der Waals surface area contributed by atoms with Gasteiger partial charge in [0.2, 0.25) is 0 Å². The third-order valence-electron chi connectivity index (χ3n) is 16.6. The zero-order chi connectivity index (χ0) is 59.2. The van der Waals surface area contributed by atoms with Crippen LogP contribution in [0.25, 0.3) is 0 Å². The summed E-state index contributed by atoms with van der Waals surface area (Å²) in [5.74, 6) is -0.861. The summed E-state index contributed by atoms with van der Waals surface area (Å²) in [5.41, 5.74) is 0. The molecule has 0 N–H and O–H groups in total. The van der Waals surface area contributed by atoms with Crippen molar-refractivity contribution < 1.29 is 28.6 Å². The van der Waals surface area contributed by atoms with Gasteiger partial charge in [-0.25, -0.2) is 0 Å². The van der Waals surface area contributed by atoms with Crippen molar-refractivity contribution in [3.63, 3.8) is 0 Å². The second-order valence-electron chi connectivity index (χ2n) is 24.9. The van der Waals surface area contributed by atoms with Crippen molar-refractivity contribution in [3.05, 3.63) is 48.6 Å². The van der Waals surface area contributed by atoms with Crippen LogP contribution in [0.4, 0.5) is 0 Å². The molecule has 0 aromatic rings. The number of allylic oxidation sites excluding steroid dienone is 8. The number of hydrogen-bond acceptors (Lipinski definition) is 6. The monoisotopic (exact) mass is 1150 g/mol. The SMILES string of the molecule is CCCCC/C=C\C/C=C\C/C=C\CCCCCCCCC(=O)OC(COC(=O)CCCCCCCCCCC/C=C\CCCCCCCC)COC(=O)CCCCCCCCCCCCCCCCCCCCCCCCCCCC. The molecule has 0 saturated carbocycles. The summed E-state index contributed by atoms with van der Waals surface area (Å²) in [6, 6.07) is 0. The maximum absolute atomic E-state index is 13.0. The Labute approximate surface area is 511 Å². The van der Waals surface area contributed by atoms with Gasteiger partial charge in [0.05, 0.1) is 0 Å². The topological polar surface area (TPSA) is 78.9 Å². The van der Waals surface area contributed by atoms with Crippen LogP contribution >= 0.6 is 0 Å². The third-order valence-corrected chi connectivity index (χ3v) is 16.6. The predicted octanol–water partition coefficient (Wildman–Crippen LogP) is 25.3. The minimum absolute atomic E-state index is 0.0748. The number of hydrogen-bond donors (Lipinski definition) is 0. The molecule has 0 aliphatic heterocycles. The summed E-state index contributed by atoms with van der Waals surface area (Å²) < 4.78 is 17.0. The number of rotatable bonds is 68. The first kappa shape index (κ1) is 79.4. The van der Waals surface area contributed by atoms with Gasteiger partial charge in [0.25, 0.3) is 0 Å². The summed E-state index contributed by atoms with van der Waals surface area (Å²) >= 11 is 0. The Hall–Kier alpha value is -2.63. The van der Waals surface area contributed by atoms with Crippen LogP contribution in [-0.2, 0) is 28.6 Å². The normalized spacial score (nSPS) is 12.3. The molecule has 0 bridgehead atoms. The number of unbranched alkanes of at least 4 members (excludes halogenated alkanes) is 49. The van der Waals surface area contributed by atoms with Gasteiger partial charge in [-0.1, -0.05) is 345 Å². The van der Waals surface area contributed by atoms with Crippen LogP contribution in [-0.4, -0.2) is 37.2 Å². The lowest BCUT2D eigenvalue weighted by atomic mass is 10.0. The molecular weight excluding hydrogens is 1010 g/mol. The van der Waals surface area contributed by atoms with Crippen LogP contribution in [0.3, 0.4) is 0 Å². The largest absolute Gasteiger partial charge is 0.462 e. The van der Waals surface area contributed by atoms with E-state index < -0.39 is 6.10 Å². The number of carbonyl (C=O) groups is 3. The minimum Gasteiger partial charge on any atom is -0.462 e. The van der Waals surface area contributed by atoms with Crippen LogP contribution in [0.15, 0.2) is 48.6 Å². The van der Waals surface area contributed by atoms with E-state index in [9.17, 15) is 14.4 Å². The Morgan fingerprint density at radius 2 is 0.439 bits per heavy atom. The molecule has 0 aromatic heterocycles. The average Bonchev–Trinajstić information content (AvgIpc) is 3.48. The zero-order valence-electron chi connectivity index (χ0n) is 55.3. The lowest BCUT2D eigenvalue weighted by Gasteiger charge is -2.18. The smallest absolute Gasteiger partial charge is 0.306 e. The number of esters is 3. The minimum atomic E-state index is -0.781. The molecule has 480 valence electrons. The highest BCUT2D eigenvalue weighted by molar-refractivity contribution is 5.71. The lowest BCUT2D eigenvalue weighted by Crippen LogP contribution is -2.30. The molecule has 1 unspecified atom stereocenters. The van der Waals surface area contributed by atoms with E-state index in [0.29, 0.717) is 19.3 Å². The Bertz CT molecular complexity index is 1410. The van der Waals surface area contributed by atoms with E-state index in [-0.39, 0.29) is 31.1 Å². The Morgan fingerprint density at radius 3 is 0.720 bits per heavy atom. The molecule has 0 amide bonds. The molecule has 0 radical (unpaired) electrons. The highest BCUT2D eigenvalue weighted by Gasteiger charge is 2.19. The molecule has 0 spiro atoms. The van der Waals surface area contributed by atoms with Crippen molar-refractivity contribution in [1.82, 2.24) is 0 Å². The van der Waals surface area contributed by atoms with Gasteiger partial charge in [-0.15, -0.1) is 0 Å². The van der Waals surface area contributed by atoms with Crippen molar-refractivity contribution in [3.8, 4) is 0 Å². The summed E-state index contributed by atoms with van der Waals surface area (Å²) in [6.07, 6.45) is 90.0. The van der Waals surface area contributed by atoms with Crippen LogP contribution in [0.5, 0.6) is 0 Å². The maximum Gasteiger partial charge on any atom is 0.306 e. The molecule has 0 saturated heterocycles. The molecule has 82 heavy (non-hydrogen) atoms. The van der Waals surface area contributed by atoms with Gasteiger partial charge in [-0.05, 0) is 83.5 Å². The van der Waals surface area contributed by atoms with Gasteiger partial charge in [-0.2, -0.15) is 0 Å². The average molecular weight is 1150 g/mol. The highest BCUT2D eigenvalue weighted by atomic mass is 16.6. The van der Waals surface area contributed by atoms with E-state index in [1.807, 2.05) is 0 Å². The number of ether oxygens (including phenoxy) is 3. The first-order chi connectivity index (χ1) is 40.5. The van der Waals surface area contributed by atoms with Gasteiger partial charge in [0.1, 0.15) is 13.2 Å². The van der Waals surface area contributed by atoms with E-state index in [1.54, 1.807) is 0 Å². The summed E-state index contributed by atoms with van der Waals surface area (Å²) in [6.45, 7) is 6.67. The van der Waals surface area contributed by atoms with Crippen molar-refractivity contribution in [1.29, 1.82) is 0 Å². The predicted molar refractivity (Wildman–Crippen MR) is 358 cm³/mol. The first-order valence-electron chi connectivity index (χ1n) is 36.6. The quantitative estimate of drug-likeness (QED) is 0.0261. The van der Waals surface area contributed by atoms with E-state index in [0.717, 1.165) is 77.0 Å². The molecule has 1 atom stereocenters. The molecule has 6 heteroatoms. The fraction of sp³-hybridized carbons (Fsp3) is 0.855. The standard InChI is InChI=1S/C76H140O6/c1-4-7-10-13-16-19-22-25-28-31-34-35-36-37-38-39-40-43-45-48-51-54-57-60-63-66-69-75(78)81-72-73(82-76(79)70-67-64-61-58-55-52-49-46-42-33-30-27-24-21-18-15-12-9-6-3)71-80-74(77)68-65-62-59-56-53-50-47-44-41-32-29-26-23-20-17-14-11-8-5-2/h18,21,26-27,29-30,42,46,73H,4-17,19-20,22-25,28,31-41,43-45,47-72H2,1-3H3/b21-18-,29-26-,30-27-,46-42-. The number of carbonyl (C=O) groups excluding carboxylic acids is 3. The van der Waals surface area contributed by atoms with Crippen molar-refractivity contribution in [2.75, 3.05) is 13.2 Å². The Kier molecular flexibility index (Phi) is 68.6. The summed E-state index contributed by atoms with van der Waals surface area (Å²) in [5, 5.41) is 0. The summed E-state index contributed by atoms with van der Waals surface area (Å²) in [7, 11) is 0. The van der Waals surface area contributed by atoms with E-state index in [1.165, 1.54) is 283 Å². The second kappa shape index (κ2) is 70.9. The molecule has 0 aliphatic carbocycles. The fourth-order valence-electron chi connectivity index (χ4n) is 11.0. The van der Waals surface area contributed by atoms with Crippen LogP contribution < -0.4 is 0 Å². The Balaban J connectivity index is 4.30. The Morgan fingerprint density at radius 1 is 0.244 bits per heavy atom. The molecule has 0 heterocycles. The maximum atomic E-state index is 13.0. The summed E-state index contributed by atoms with van der Waals surface area (Å²) in [4.78, 5) is 38.5. The third kappa shape index (κ3) is 68.2. The molecule has 0 aliphatic rings. The van der Waals surface area contributed by atoms with Crippen LogP contribution in [0, 0.1) is 0 Å². The zero-order valence-corrected chi connectivity index (χ0v) is 55.3. The second-order valence-corrected chi connectivity index (χ2v) is 24.9. The van der Waals surface area contributed by atoms with Crippen molar-refractivity contribution >= 4 is 17.9 Å². The van der Waals surface area contributed by atoms with Gasteiger partial charge >= 0.3 is 17.9 Å². The van der Waals surface area contributed by atoms with E-state index >= 15 is 0 Å². The van der Waals surface area contributed by atoms with E-state index in [4.69, 9.17) is 14.2 Å². The lowest BCUT2D eigenvalue weighted by molar-refractivity contribution is -0.167. The van der Waals surface area contributed by atoms with Crippen LogP contribution in [0.1, 0.15) is 400 Å². The molecular formula is C76H140O6. The van der Waals surface area contributed by atoms with Gasteiger partial charge < -0.3 is 14.2 Å². The highest BCUT2D eigenvalue weighted by Crippen LogP contribution is 2.19. The van der Waals surface area contributed by atoms with E-state index in [2.05, 4.69) is 69.4 Å². The molecule has 0 aromatic carbocycles. The molecule has 6 nitrogen and oxygen atoms in total. The van der Waals surface area contributed by atoms with Crippen LogP contribution in [0.2, 0.25) is 0 Å². The first-order valence-corrected chi connectivity index (χ1v) is 36.6. The van der Waals surface area contributed by atoms with Gasteiger partial charge in [0, 0.05) is 19.3 Å². The molecule has 0 rings (SSSR count). The molecule has 0 fully saturated rings.